The van der Waals surface area contributed by atoms with Crippen LogP contribution in [0.1, 0.15) is 19.3 Å². The average Bonchev–Trinajstić information content (AvgIpc) is 2.49. The summed E-state index contributed by atoms with van der Waals surface area (Å²) in [5, 5.41) is 3.75. The number of halogens is 2. The Bertz CT molecular complexity index is 588. The van der Waals surface area contributed by atoms with Crippen molar-refractivity contribution in [3.05, 3.63) is 29.4 Å². The number of rotatable bonds is 4. The monoisotopic (exact) mass is 327 g/mol. The van der Waals surface area contributed by atoms with Gasteiger partial charge in [-0.05, 0) is 50.4 Å². The van der Waals surface area contributed by atoms with Crippen LogP contribution in [0.15, 0.2) is 24.3 Å². The van der Waals surface area contributed by atoms with Gasteiger partial charge in [-0.25, -0.2) is 9.97 Å². The zero-order chi connectivity index (χ0) is 13.8. The summed E-state index contributed by atoms with van der Waals surface area (Å²) in [7, 11) is 0. The molecule has 1 atom stereocenters. The number of piperidine rings is 1. The van der Waals surface area contributed by atoms with Gasteiger partial charge in [-0.15, -0.1) is 12.4 Å². The van der Waals surface area contributed by atoms with Crippen molar-refractivity contribution in [2.24, 2.45) is 5.92 Å². The van der Waals surface area contributed by atoms with E-state index in [2.05, 4.69) is 15.3 Å². The minimum Gasteiger partial charge on any atom is -0.475 e. The number of hydrogen-bond donors (Lipinski definition) is 1. The molecular formula is C15H19Cl2N3O. The van der Waals surface area contributed by atoms with Crippen LogP contribution in [-0.2, 0) is 0 Å². The van der Waals surface area contributed by atoms with Crippen molar-refractivity contribution >= 4 is 35.0 Å². The van der Waals surface area contributed by atoms with E-state index in [9.17, 15) is 0 Å². The second-order valence-electron chi connectivity index (χ2n) is 5.16. The van der Waals surface area contributed by atoms with Crippen LogP contribution in [0.4, 0.5) is 0 Å². The standard InChI is InChI=1S/C15H18ClN3O.ClH/c16-14-15(19-13-6-2-1-5-12(13)18-14)20-9-7-11-4-3-8-17-10-11;/h1-2,5-6,11,17H,3-4,7-10H2;1H. The number of ether oxygens (including phenoxy) is 1. The van der Waals surface area contributed by atoms with Gasteiger partial charge in [0.25, 0.3) is 5.88 Å². The van der Waals surface area contributed by atoms with E-state index in [0.717, 1.165) is 30.5 Å². The number of aromatic nitrogens is 2. The number of nitrogens with zero attached hydrogens (tertiary/aromatic N) is 2. The molecule has 2 heterocycles. The maximum absolute atomic E-state index is 6.11. The molecule has 1 N–H and O–H groups in total. The van der Waals surface area contributed by atoms with Crippen LogP contribution < -0.4 is 10.1 Å². The molecule has 6 heteroatoms. The van der Waals surface area contributed by atoms with Crippen LogP contribution in [-0.4, -0.2) is 29.7 Å². The predicted molar refractivity (Wildman–Crippen MR) is 87.5 cm³/mol. The smallest absolute Gasteiger partial charge is 0.252 e. The number of hydrogen-bond acceptors (Lipinski definition) is 4. The van der Waals surface area contributed by atoms with Gasteiger partial charge in [-0.3, -0.25) is 0 Å². The molecule has 114 valence electrons. The van der Waals surface area contributed by atoms with Gasteiger partial charge < -0.3 is 10.1 Å². The lowest BCUT2D eigenvalue weighted by atomic mass is 9.97. The van der Waals surface area contributed by atoms with E-state index in [1.165, 1.54) is 12.8 Å². The van der Waals surface area contributed by atoms with E-state index in [1.807, 2.05) is 24.3 Å². The van der Waals surface area contributed by atoms with Gasteiger partial charge in [0.05, 0.1) is 17.6 Å². The molecule has 2 aromatic rings. The van der Waals surface area contributed by atoms with Gasteiger partial charge in [0.1, 0.15) is 0 Å². The van der Waals surface area contributed by atoms with Gasteiger partial charge in [0, 0.05) is 0 Å². The summed E-state index contributed by atoms with van der Waals surface area (Å²) in [4.78, 5) is 8.73. The summed E-state index contributed by atoms with van der Waals surface area (Å²) in [5.74, 6) is 1.13. The fourth-order valence-corrected chi connectivity index (χ4v) is 2.73. The summed E-state index contributed by atoms with van der Waals surface area (Å²) in [6.45, 7) is 2.86. The summed E-state index contributed by atoms with van der Waals surface area (Å²) in [5.41, 5.74) is 1.60. The molecular weight excluding hydrogens is 309 g/mol. The van der Waals surface area contributed by atoms with Crippen molar-refractivity contribution in [2.45, 2.75) is 19.3 Å². The Balaban J connectivity index is 0.00000161. The molecule has 0 saturated carbocycles. The third-order valence-electron chi connectivity index (χ3n) is 3.66. The molecule has 3 rings (SSSR count). The van der Waals surface area contributed by atoms with Crippen LogP contribution in [0.2, 0.25) is 5.15 Å². The zero-order valence-corrected chi connectivity index (χ0v) is 13.3. The molecule has 21 heavy (non-hydrogen) atoms. The first-order valence-electron chi connectivity index (χ1n) is 7.09. The second-order valence-corrected chi connectivity index (χ2v) is 5.52. The molecule has 0 radical (unpaired) electrons. The minimum atomic E-state index is 0. The van der Waals surface area contributed by atoms with Crippen LogP contribution in [0.3, 0.4) is 0 Å². The van der Waals surface area contributed by atoms with Gasteiger partial charge in [0.2, 0.25) is 0 Å². The fraction of sp³-hybridized carbons (Fsp3) is 0.467. The lowest BCUT2D eigenvalue weighted by Crippen LogP contribution is -2.30. The van der Waals surface area contributed by atoms with Crippen molar-refractivity contribution in [1.82, 2.24) is 15.3 Å². The first-order valence-corrected chi connectivity index (χ1v) is 7.46. The van der Waals surface area contributed by atoms with Crippen molar-refractivity contribution < 1.29 is 4.74 Å². The number of nitrogens with one attached hydrogen (secondary N) is 1. The molecule has 1 aliphatic heterocycles. The SMILES string of the molecule is Cl.Clc1nc2ccccc2nc1OCCC1CCCNC1. The van der Waals surface area contributed by atoms with E-state index in [4.69, 9.17) is 16.3 Å². The normalized spacial score (nSPS) is 18.2. The van der Waals surface area contributed by atoms with Gasteiger partial charge >= 0.3 is 0 Å². The highest BCUT2D eigenvalue weighted by Crippen LogP contribution is 2.23. The molecule has 0 bridgehead atoms. The Morgan fingerprint density at radius 3 is 2.71 bits per heavy atom. The van der Waals surface area contributed by atoms with Crippen LogP contribution >= 0.6 is 24.0 Å². The van der Waals surface area contributed by atoms with Crippen LogP contribution in [0.5, 0.6) is 5.88 Å². The Morgan fingerprint density at radius 2 is 2.00 bits per heavy atom. The summed E-state index contributed by atoms with van der Waals surface area (Å²) >= 11 is 6.11. The third-order valence-corrected chi connectivity index (χ3v) is 3.91. The number of para-hydroxylation sites is 2. The lowest BCUT2D eigenvalue weighted by molar-refractivity contribution is 0.247. The first kappa shape index (κ1) is 16.3. The molecule has 0 amide bonds. The molecule has 0 aliphatic carbocycles. The lowest BCUT2D eigenvalue weighted by Gasteiger charge is -2.22. The van der Waals surface area contributed by atoms with E-state index in [1.54, 1.807) is 0 Å². The molecule has 1 unspecified atom stereocenters. The zero-order valence-electron chi connectivity index (χ0n) is 11.7. The highest BCUT2D eigenvalue weighted by atomic mass is 35.5. The van der Waals surface area contributed by atoms with Gasteiger partial charge in [0.15, 0.2) is 5.15 Å². The number of fused-ring (bicyclic) bond motifs is 1. The van der Waals surface area contributed by atoms with Gasteiger partial charge in [-0.2, -0.15) is 0 Å². The largest absolute Gasteiger partial charge is 0.475 e. The molecule has 1 aromatic carbocycles. The summed E-state index contributed by atoms with van der Waals surface area (Å²) < 4.78 is 5.71. The molecule has 1 fully saturated rings. The summed E-state index contributed by atoms with van der Waals surface area (Å²) in [6, 6.07) is 7.66. The Kier molecular flexibility index (Phi) is 6.03. The quantitative estimate of drug-likeness (QED) is 0.933. The second kappa shape index (κ2) is 7.78. The average molecular weight is 328 g/mol. The summed E-state index contributed by atoms with van der Waals surface area (Å²) in [6.07, 6.45) is 3.55. The van der Waals surface area contributed by atoms with Crippen molar-refractivity contribution in [3.8, 4) is 5.88 Å². The number of benzene rings is 1. The molecule has 4 nitrogen and oxygen atoms in total. The molecule has 1 aliphatic rings. The molecule has 0 spiro atoms. The molecule has 1 saturated heterocycles. The van der Waals surface area contributed by atoms with E-state index in [-0.39, 0.29) is 12.4 Å². The Hall–Kier alpha value is -1.10. The van der Waals surface area contributed by atoms with E-state index >= 15 is 0 Å². The minimum absolute atomic E-state index is 0. The van der Waals surface area contributed by atoms with Crippen molar-refractivity contribution in [3.63, 3.8) is 0 Å². The Labute approximate surface area is 135 Å². The topological polar surface area (TPSA) is 47.0 Å². The predicted octanol–water partition coefficient (Wildman–Crippen LogP) is 3.47. The van der Waals surface area contributed by atoms with Crippen molar-refractivity contribution in [1.29, 1.82) is 0 Å². The Morgan fingerprint density at radius 1 is 1.24 bits per heavy atom. The van der Waals surface area contributed by atoms with E-state index < -0.39 is 0 Å². The molecule has 1 aromatic heterocycles. The highest BCUT2D eigenvalue weighted by molar-refractivity contribution is 6.31. The first-order chi connectivity index (χ1) is 9.83. The van der Waals surface area contributed by atoms with Crippen LogP contribution in [0, 0.1) is 5.92 Å². The maximum atomic E-state index is 6.11. The van der Waals surface area contributed by atoms with Crippen molar-refractivity contribution in [2.75, 3.05) is 19.7 Å². The highest BCUT2D eigenvalue weighted by Gasteiger charge is 2.14. The van der Waals surface area contributed by atoms with Gasteiger partial charge in [-0.1, -0.05) is 23.7 Å². The van der Waals surface area contributed by atoms with Crippen LogP contribution in [0.25, 0.3) is 11.0 Å². The fourth-order valence-electron chi connectivity index (χ4n) is 2.55. The maximum Gasteiger partial charge on any atom is 0.252 e. The third kappa shape index (κ3) is 4.19. The van der Waals surface area contributed by atoms with E-state index in [0.29, 0.717) is 23.6 Å².